The molecule has 0 aliphatic rings. The van der Waals surface area contributed by atoms with Gasteiger partial charge in [-0.05, 0) is 36.4 Å². The smallest absolute Gasteiger partial charge is 0.341 e. The first-order valence-electron chi connectivity index (χ1n) is 12.8. The summed E-state index contributed by atoms with van der Waals surface area (Å²) in [6.07, 6.45) is 0. The number of nitrogens with zero attached hydrogens (tertiary/aromatic N) is 3. The number of methoxy groups -OCH3 is 5. The van der Waals surface area contributed by atoms with Gasteiger partial charge in [-0.25, -0.2) is 24.4 Å². The quantitative estimate of drug-likeness (QED) is 0.0437. The highest BCUT2D eigenvalue weighted by molar-refractivity contribution is 5.94. The first kappa shape index (κ1) is 44.4. The molecule has 3 rings (SSSR count). The fourth-order valence-corrected chi connectivity index (χ4v) is 3.24. The average molecular weight is 713 g/mol. The second-order valence-electron chi connectivity index (χ2n) is 8.33. The zero-order valence-corrected chi connectivity index (χ0v) is 27.6. The number of carboxylic acid groups (broad SMARTS) is 1. The summed E-state index contributed by atoms with van der Waals surface area (Å²) in [6.45, 7) is 0. The number of rotatable bonds is 8. The van der Waals surface area contributed by atoms with Crippen LogP contribution in [-0.2, 0) is 9.47 Å². The zero-order valence-electron chi connectivity index (χ0n) is 26.8. The number of nitrogens with two attached hydrogens (primary N) is 5. The summed E-state index contributed by atoms with van der Waals surface area (Å²) in [5.41, 5.74) is 28.6. The number of guanidine groups is 2. The normalized spacial score (nSPS) is 8.92. The van der Waals surface area contributed by atoms with Crippen molar-refractivity contribution in [3.8, 4) is 17.2 Å². The lowest BCUT2D eigenvalue weighted by molar-refractivity contribution is -0.742. The van der Waals surface area contributed by atoms with Gasteiger partial charge in [0.1, 0.15) is 33.9 Å². The Bertz CT molecular complexity index is 1630. The van der Waals surface area contributed by atoms with Crippen molar-refractivity contribution in [2.45, 2.75) is 0 Å². The maximum Gasteiger partial charge on any atom is 0.341 e. The molecule has 268 valence electrons. The van der Waals surface area contributed by atoms with Gasteiger partial charge in [0.15, 0.2) is 11.9 Å². The van der Waals surface area contributed by atoms with E-state index in [0.717, 1.165) is 0 Å². The fraction of sp³-hybridized carbons (Fsp3) is 0.179. The highest BCUT2D eigenvalue weighted by Gasteiger charge is 2.14. The van der Waals surface area contributed by atoms with Crippen LogP contribution < -0.4 is 42.9 Å². The number of halogens is 1. The molecule has 0 aliphatic heterocycles. The van der Waals surface area contributed by atoms with E-state index in [2.05, 4.69) is 19.5 Å². The molecule has 3 aromatic carbocycles. The van der Waals surface area contributed by atoms with Gasteiger partial charge in [0, 0.05) is 23.9 Å². The molecule has 0 atom stereocenters. The standard InChI is InChI=1S/C10H13N3O3.C9H11N3O3.C9H11NO3.ClH.HNO3/c1-15-8-5-6(13-10(11)12)3-4-7(8)9(14)16-2;1-15-7-4-5(12-9(10)11)2-3-6(7)8(13)14;1-12-8-5-6(10)3-4-7(8)9(11)13-2;;2-1(3)4/h3-5H,1-2H3,(H4,11,12,13);2-4H,1H3,(H,13,14)(H4,10,11,12);3-5H,10H2,1-2H3;1H;(H,2,3,4). The minimum absolute atomic E-state index is 0. The number of benzene rings is 3. The van der Waals surface area contributed by atoms with E-state index >= 15 is 0 Å². The lowest BCUT2D eigenvalue weighted by Crippen LogP contribution is -2.21. The van der Waals surface area contributed by atoms with Crippen LogP contribution in [0, 0.1) is 10.1 Å². The third-order valence-electron chi connectivity index (χ3n) is 5.15. The van der Waals surface area contributed by atoms with Crippen molar-refractivity contribution in [3.63, 3.8) is 0 Å². The Labute approximate surface area is 285 Å². The Morgan fingerprint density at radius 2 is 1.00 bits per heavy atom. The van der Waals surface area contributed by atoms with Crippen LogP contribution in [-0.4, -0.2) is 80.8 Å². The van der Waals surface area contributed by atoms with Crippen LogP contribution >= 0.6 is 12.4 Å². The summed E-state index contributed by atoms with van der Waals surface area (Å²) in [5.74, 6) is -1.15. The molecular formula is C28H37ClN8O12. The van der Waals surface area contributed by atoms with Crippen molar-refractivity contribution in [2.24, 2.45) is 32.9 Å². The van der Waals surface area contributed by atoms with Gasteiger partial charge in [-0.3, -0.25) is 0 Å². The van der Waals surface area contributed by atoms with E-state index in [4.69, 9.17) is 63.3 Å². The fourth-order valence-electron chi connectivity index (χ4n) is 3.24. The number of hydrogen-bond acceptors (Lipinski definition) is 13. The van der Waals surface area contributed by atoms with Crippen molar-refractivity contribution in [2.75, 3.05) is 41.3 Å². The number of esters is 2. The number of carboxylic acids is 1. The molecular weight excluding hydrogens is 676 g/mol. The van der Waals surface area contributed by atoms with Gasteiger partial charge in [0.2, 0.25) is 0 Å². The van der Waals surface area contributed by atoms with Crippen molar-refractivity contribution in [1.29, 1.82) is 0 Å². The lowest BCUT2D eigenvalue weighted by atomic mass is 10.2. The maximum absolute atomic E-state index is 11.3. The van der Waals surface area contributed by atoms with Crippen LogP contribution in [0.15, 0.2) is 64.6 Å². The number of aromatic carboxylic acids is 1. The van der Waals surface area contributed by atoms with Gasteiger partial charge in [0.25, 0.3) is 5.09 Å². The molecule has 0 saturated carbocycles. The Morgan fingerprint density at radius 1 is 0.673 bits per heavy atom. The average Bonchev–Trinajstić information content (AvgIpc) is 3.03. The first-order valence-corrected chi connectivity index (χ1v) is 12.8. The van der Waals surface area contributed by atoms with Crippen LogP contribution in [0.1, 0.15) is 31.1 Å². The Kier molecular flexibility index (Phi) is 20.6. The van der Waals surface area contributed by atoms with Crippen molar-refractivity contribution in [1.82, 2.24) is 0 Å². The van der Waals surface area contributed by atoms with Gasteiger partial charge in [-0.1, -0.05) is 0 Å². The monoisotopic (exact) mass is 712 g/mol. The van der Waals surface area contributed by atoms with E-state index in [0.29, 0.717) is 39.7 Å². The first-order chi connectivity index (χ1) is 22.5. The summed E-state index contributed by atoms with van der Waals surface area (Å²) < 4.78 is 24.1. The van der Waals surface area contributed by atoms with E-state index < -0.39 is 23.0 Å². The molecule has 21 heteroatoms. The summed E-state index contributed by atoms with van der Waals surface area (Å²) in [4.78, 5) is 49.2. The van der Waals surface area contributed by atoms with Crippen molar-refractivity contribution < 1.29 is 53.5 Å². The molecule has 0 aromatic heterocycles. The SMILES string of the molecule is COC(=O)c1ccc(N)cc1OC.COC(=O)c1ccc(N=C(N)N)cc1OC.COc1cc(N=C(N)N)ccc1C(=O)O.Cl.O=[N+]([O-])O. The molecule has 0 spiro atoms. The molecule has 0 saturated heterocycles. The van der Waals surface area contributed by atoms with E-state index in [-0.39, 0.29) is 35.6 Å². The van der Waals surface area contributed by atoms with Crippen molar-refractivity contribution in [3.05, 3.63) is 81.4 Å². The van der Waals surface area contributed by atoms with Crippen LogP contribution in [0.4, 0.5) is 17.1 Å². The molecule has 0 unspecified atom stereocenters. The number of nitrogen functional groups attached to an aromatic ring is 1. The summed E-state index contributed by atoms with van der Waals surface area (Å²) in [7, 11) is 6.91. The summed E-state index contributed by atoms with van der Waals surface area (Å²) in [6, 6.07) is 13.8. The van der Waals surface area contributed by atoms with Crippen LogP contribution in [0.25, 0.3) is 0 Å². The van der Waals surface area contributed by atoms with Crippen LogP contribution in [0.2, 0.25) is 0 Å². The van der Waals surface area contributed by atoms with Crippen LogP contribution in [0.5, 0.6) is 17.2 Å². The van der Waals surface area contributed by atoms with Gasteiger partial charge < -0.3 is 62.7 Å². The number of carbonyl (C=O) groups excluding carboxylic acids is 2. The Morgan fingerprint density at radius 3 is 1.33 bits per heavy atom. The molecule has 0 amide bonds. The molecule has 20 nitrogen and oxygen atoms in total. The van der Waals surface area contributed by atoms with E-state index in [1.807, 2.05) is 0 Å². The number of anilines is 1. The molecule has 12 N–H and O–H groups in total. The molecule has 0 fully saturated rings. The highest BCUT2D eigenvalue weighted by Crippen LogP contribution is 2.26. The third-order valence-corrected chi connectivity index (χ3v) is 5.15. The second-order valence-corrected chi connectivity index (χ2v) is 8.33. The molecule has 0 aliphatic carbocycles. The number of aliphatic imine (C=N–C) groups is 2. The molecule has 0 bridgehead atoms. The number of carbonyl (C=O) groups is 3. The number of ether oxygens (including phenoxy) is 5. The molecule has 49 heavy (non-hydrogen) atoms. The maximum atomic E-state index is 11.3. The Hall–Kier alpha value is -6.70. The minimum Gasteiger partial charge on any atom is -0.496 e. The van der Waals surface area contributed by atoms with Crippen molar-refractivity contribution >= 4 is 59.3 Å². The van der Waals surface area contributed by atoms with Gasteiger partial charge in [-0.2, -0.15) is 0 Å². The topological polar surface area (TPSA) is 336 Å². The van der Waals surface area contributed by atoms with Gasteiger partial charge in [-0.15, -0.1) is 22.5 Å². The zero-order chi connectivity index (χ0) is 37.0. The largest absolute Gasteiger partial charge is 0.496 e. The Balaban J connectivity index is 0. The minimum atomic E-state index is -1.50. The highest BCUT2D eigenvalue weighted by atomic mass is 35.5. The predicted molar refractivity (Wildman–Crippen MR) is 180 cm³/mol. The lowest BCUT2D eigenvalue weighted by Gasteiger charge is -2.07. The second kappa shape index (κ2) is 22.7. The molecule has 0 heterocycles. The summed E-state index contributed by atoms with van der Waals surface area (Å²) in [5, 5.41) is 22.4. The van der Waals surface area contributed by atoms with E-state index in [1.54, 1.807) is 30.3 Å². The van der Waals surface area contributed by atoms with Crippen LogP contribution in [0.3, 0.4) is 0 Å². The van der Waals surface area contributed by atoms with Gasteiger partial charge >= 0.3 is 17.9 Å². The number of hydrogen-bond donors (Lipinski definition) is 7. The van der Waals surface area contributed by atoms with E-state index in [1.165, 1.54) is 59.8 Å². The van der Waals surface area contributed by atoms with E-state index in [9.17, 15) is 14.4 Å². The predicted octanol–water partition coefficient (Wildman–Crippen LogP) is 1.82. The summed E-state index contributed by atoms with van der Waals surface area (Å²) >= 11 is 0. The molecule has 3 aromatic rings. The third kappa shape index (κ3) is 16.4. The molecule has 0 radical (unpaired) electrons. The van der Waals surface area contributed by atoms with Gasteiger partial charge in [0.05, 0.1) is 46.9 Å².